The average molecular weight is 439 g/mol. The maximum absolute atomic E-state index is 14.3. The van der Waals surface area contributed by atoms with E-state index in [1.165, 1.54) is 25.3 Å². The number of ether oxygens (including phenoxy) is 1. The van der Waals surface area contributed by atoms with Crippen molar-refractivity contribution in [1.29, 1.82) is 0 Å². The minimum Gasteiger partial charge on any atom is -0.469 e. The third kappa shape index (κ3) is 5.10. The van der Waals surface area contributed by atoms with Crippen molar-refractivity contribution in [2.75, 3.05) is 7.11 Å². The van der Waals surface area contributed by atoms with E-state index in [1.54, 1.807) is 18.2 Å². The van der Waals surface area contributed by atoms with Gasteiger partial charge in [0.1, 0.15) is 11.6 Å². The predicted octanol–water partition coefficient (Wildman–Crippen LogP) is 4.61. The Bertz CT molecular complexity index is 1020. The number of esters is 1. The molecule has 4 nitrogen and oxygen atoms in total. The molecular formula is C22H18F5NO3. The van der Waals surface area contributed by atoms with Crippen LogP contribution in [0.15, 0.2) is 54.6 Å². The smallest absolute Gasteiger partial charge is 0.416 e. The zero-order valence-electron chi connectivity index (χ0n) is 16.2. The second kappa shape index (κ2) is 8.87. The van der Waals surface area contributed by atoms with Gasteiger partial charge in [-0.3, -0.25) is 9.59 Å². The summed E-state index contributed by atoms with van der Waals surface area (Å²) in [6.45, 7) is 0. The highest BCUT2D eigenvalue weighted by Gasteiger charge is 2.36. The van der Waals surface area contributed by atoms with Crippen LogP contribution in [0.3, 0.4) is 0 Å². The van der Waals surface area contributed by atoms with Crippen LogP contribution in [0.5, 0.6) is 0 Å². The Labute approximate surface area is 174 Å². The van der Waals surface area contributed by atoms with Crippen molar-refractivity contribution in [1.82, 2.24) is 5.32 Å². The lowest BCUT2D eigenvalue weighted by Gasteiger charge is -2.22. The third-order valence-corrected chi connectivity index (χ3v) is 5.04. The Balaban J connectivity index is 1.76. The van der Waals surface area contributed by atoms with Gasteiger partial charge in [0.15, 0.2) is 0 Å². The maximum atomic E-state index is 14.3. The van der Waals surface area contributed by atoms with Crippen LogP contribution in [0.4, 0.5) is 22.0 Å². The van der Waals surface area contributed by atoms with Crippen LogP contribution in [0.1, 0.15) is 33.8 Å². The van der Waals surface area contributed by atoms with Gasteiger partial charge in [-0.1, -0.05) is 30.4 Å². The quantitative estimate of drug-likeness (QED) is 0.421. The molecule has 1 N–H and O–H groups in total. The van der Waals surface area contributed by atoms with Crippen LogP contribution >= 0.6 is 0 Å². The van der Waals surface area contributed by atoms with Crippen molar-refractivity contribution in [2.45, 2.75) is 24.6 Å². The maximum Gasteiger partial charge on any atom is 0.416 e. The van der Waals surface area contributed by atoms with Crippen molar-refractivity contribution >= 4 is 11.9 Å². The summed E-state index contributed by atoms with van der Waals surface area (Å²) in [5, 5.41) is 2.50. The first-order valence-electron chi connectivity index (χ1n) is 9.29. The van der Waals surface area contributed by atoms with E-state index in [9.17, 15) is 31.5 Å². The van der Waals surface area contributed by atoms with E-state index in [2.05, 4.69) is 5.32 Å². The predicted molar refractivity (Wildman–Crippen MR) is 101 cm³/mol. The first-order chi connectivity index (χ1) is 14.6. The van der Waals surface area contributed by atoms with Crippen LogP contribution in [-0.2, 0) is 15.7 Å². The van der Waals surface area contributed by atoms with Gasteiger partial charge in [-0.25, -0.2) is 8.78 Å². The van der Waals surface area contributed by atoms with E-state index >= 15 is 0 Å². The molecule has 0 aliphatic heterocycles. The molecular weight excluding hydrogens is 421 g/mol. The fourth-order valence-electron chi connectivity index (χ4n) is 3.60. The summed E-state index contributed by atoms with van der Waals surface area (Å²) in [6.07, 6.45) is -1.45. The largest absolute Gasteiger partial charge is 0.469 e. The van der Waals surface area contributed by atoms with E-state index in [0.717, 1.165) is 0 Å². The average Bonchev–Trinajstić information content (AvgIpc) is 3.16. The van der Waals surface area contributed by atoms with Crippen molar-refractivity contribution in [3.63, 3.8) is 0 Å². The van der Waals surface area contributed by atoms with Gasteiger partial charge in [-0.15, -0.1) is 0 Å². The minimum atomic E-state index is -4.80. The minimum absolute atomic E-state index is 0.135. The van der Waals surface area contributed by atoms with E-state index < -0.39 is 58.7 Å². The number of benzene rings is 2. The number of hydrogen-bond donors (Lipinski definition) is 1. The summed E-state index contributed by atoms with van der Waals surface area (Å²) in [5.41, 5.74) is -1.62. The molecule has 2 aromatic rings. The van der Waals surface area contributed by atoms with E-state index in [4.69, 9.17) is 4.74 Å². The van der Waals surface area contributed by atoms with Gasteiger partial charge in [-0.2, -0.15) is 13.2 Å². The number of allylic oxidation sites excluding steroid dienone is 1. The zero-order chi connectivity index (χ0) is 22.8. The van der Waals surface area contributed by atoms with E-state index in [0.29, 0.717) is 18.2 Å². The molecule has 0 saturated heterocycles. The molecule has 0 fully saturated rings. The Morgan fingerprint density at radius 1 is 1.10 bits per heavy atom. The number of alkyl halides is 3. The van der Waals surface area contributed by atoms with Gasteiger partial charge in [0.2, 0.25) is 0 Å². The zero-order valence-corrected chi connectivity index (χ0v) is 16.2. The first-order valence-corrected chi connectivity index (χ1v) is 9.29. The summed E-state index contributed by atoms with van der Waals surface area (Å²) in [5.74, 6) is -4.82. The molecule has 3 rings (SSSR count). The number of nitrogens with one attached hydrogen (secondary N) is 1. The Hall–Kier alpha value is -3.23. The molecule has 2 aromatic carbocycles. The van der Waals surface area contributed by atoms with Gasteiger partial charge in [0.25, 0.3) is 5.91 Å². The number of carbonyl (C=O) groups excluding carboxylic acids is 2. The molecule has 0 aromatic heterocycles. The number of amides is 1. The lowest BCUT2D eigenvalue weighted by atomic mass is 9.85. The van der Waals surface area contributed by atoms with Gasteiger partial charge in [0, 0.05) is 17.2 Å². The fourth-order valence-corrected chi connectivity index (χ4v) is 3.60. The van der Waals surface area contributed by atoms with Gasteiger partial charge in [-0.05, 0) is 36.6 Å². The second-order valence-electron chi connectivity index (χ2n) is 7.11. The van der Waals surface area contributed by atoms with Crippen LogP contribution in [0, 0.1) is 17.6 Å². The molecule has 3 atom stereocenters. The fraction of sp³-hybridized carbons (Fsp3) is 0.273. The Morgan fingerprint density at radius 3 is 2.45 bits per heavy atom. The molecule has 1 amide bonds. The molecule has 0 unspecified atom stereocenters. The topological polar surface area (TPSA) is 55.4 Å². The van der Waals surface area contributed by atoms with Gasteiger partial charge in [0.05, 0.1) is 18.6 Å². The van der Waals surface area contributed by atoms with Crippen molar-refractivity contribution in [3.8, 4) is 0 Å². The number of hydrogen-bond acceptors (Lipinski definition) is 3. The van der Waals surface area contributed by atoms with Crippen molar-refractivity contribution in [3.05, 3.63) is 82.9 Å². The Morgan fingerprint density at radius 2 is 1.81 bits per heavy atom. The number of methoxy groups -OCH3 is 1. The summed E-state index contributed by atoms with van der Waals surface area (Å²) >= 11 is 0. The SMILES string of the molecule is COC(=O)[C@H](c1ccccc1F)[C@H]1C=C[C@@H](NC(=O)c2cc(F)cc(C(F)(F)F)c2)C1. The van der Waals surface area contributed by atoms with Crippen molar-refractivity contribution < 1.29 is 36.3 Å². The van der Waals surface area contributed by atoms with Crippen LogP contribution in [-0.4, -0.2) is 25.0 Å². The van der Waals surface area contributed by atoms with Crippen LogP contribution < -0.4 is 5.32 Å². The normalized spacial score (nSPS) is 19.2. The second-order valence-corrected chi connectivity index (χ2v) is 7.11. The van der Waals surface area contributed by atoms with Crippen molar-refractivity contribution in [2.24, 2.45) is 5.92 Å². The third-order valence-electron chi connectivity index (χ3n) is 5.04. The van der Waals surface area contributed by atoms with E-state index in [-0.39, 0.29) is 12.0 Å². The Kier molecular flexibility index (Phi) is 6.42. The van der Waals surface area contributed by atoms with Gasteiger partial charge < -0.3 is 10.1 Å². The highest BCUT2D eigenvalue weighted by Crippen LogP contribution is 2.36. The monoisotopic (exact) mass is 439 g/mol. The summed E-state index contributed by atoms with van der Waals surface area (Å²) in [4.78, 5) is 24.7. The van der Waals surface area contributed by atoms with Crippen LogP contribution in [0.25, 0.3) is 0 Å². The molecule has 0 bridgehead atoms. The lowest BCUT2D eigenvalue weighted by molar-refractivity contribution is -0.143. The molecule has 1 aliphatic rings. The molecule has 164 valence electrons. The molecule has 9 heteroatoms. The first kappa shape index (κ1) is 22.5. The van der Waals surface area contributed by atoms with Crippen LogP contribution in [0.2, 0.25) is 0 Å². The van der Waals surface area contributed by atoms with E-state index in [1.807, 2.05) is 0 Å². The number of carbonyl (C=O) groups is 2. The highest BCUT2D eigenvalue weighted by molar-refractivity contribution is 5.94. The molecule has 1 aliphatic carbocycles. The molecule has 0 heterocycles. The molecule has 31 heavy (non-hydrogen) atoms. The molecule has 0 spiro atoms. The summed E-state index contributed by atoms with van der Waals surface area (Å²) in [7, 11) is 1.18. The summed E-state index contributed by atoms with van der Waals surface area (Å²) < 4.78 is 71.3. The lowest BCUT2D eigenvalue weighted by Crippen LogP contribution is -2.34. The molecule has 0 radical (unpaired) electrons. The highest BCUT2D eigenvalue weighted by atomic mass is 19.4. The van der Waals surface area contributed by atoms with Gasteiger partial charge >= 0.3 is 12.1 Å². The number of rotatable bonds is 5. The summed E-state index contributed by atoms with van der Waals surface area (Å²) in [6, 6.07) is 6.66. The number of halogens is 5. The standard InChI is InChI=1S/C22H18F5NO3/c1-31-21(30)19(17-4-2-3-5-18(17)24)12-6-7-16(10-12)28-20(29)13-8-14(22(25,26)27)11-15(23)9-13/h2-9,11-12,16,19H,10H2,1H3,(H,28,29)/t12-,16+,19-/m0/s1. The molecule has 0 saturated carbocycles.